The van der Waals surface area contributed by atoms with Gasteiger partial charge in [0.1, 0.15) is 0 Å². The summed E-state index contributed by atoms with van der Waals surface area (Å²) in [6.07, 6.45) is 0.300. The van der Waals surface area contributed by atoms with Crippen LogP contribution in [0.5, 0.6) is 0 Å². The molecule has 0 saturated carbocycles. The van der Waals surface area contributed by atoms with E-state index in [-0.39, 0.29) is 29.7 Å². The number of hydrogen-bond donors (Lipinski definition) is 2. The summed E-state index contributed by atoms with van der Waals surface area (Å²) in [5.41, 5.74) is 7.51. The predicted molar refractivity (Wildman–Crippen MR) is 109 cm³/mol. The lowest BCUT2D eigenvalue weighted by Crippen LogP contribution is -2.31. The van der Waals surface area contributed by atoms with Crippen molar-refractivity contribution in [1.29, 1.82) is 10.7 Å². The number of nitriles is 1. The first-order valence-corrected chi connectivity index (χ1v) is 9.21. The summed E-state index contributed by atoms with van der Waals surface area (Å²) in [5, 5.41) is 18.2. The van der Waals surface area contributed by atoms with E-state index in [0.717, 1.165) is 4.47 Å². The Labute approximate surface area is 164 Å². The maximum Gasteiger partial charge on any atom is 0.262 e. The average Bonchev–Trinajstić information content (AvgIpc) is 2.64. The Bertz CT molecular complexity index is 1130. The fourth-order valence-electron chi connectivity index (χ4n) is 2.92. The summed E-state index contributed by atoms with van der Waals surface area (Å²) in [6, 6.07) is 14.3. The lowest BCUT2D eigenvalue weighted by atomic mass is 10.1. The van der Waals surface area contributed by atoms with Crippen molar-refractivity contribution >= 4 is 32.5 Å². The van der Waals surface area contributed by atoms with E-state index in [0.29, 0.717) is 28.5 Å². The van der Waals surface area contributed by atoms with Crippen molar-refractivity contribution in [3.8, 4) is 6.07 Å². The quantitative estimate of drug-likeness (QED) is 0.613. The zero-order chi connectivity index (χ0) is 19.6. The van der Waals surface area contributed by atoms with Crippen molar-refractivity contribution in [3.05, 3.63) is 74.2 Å². The van der Waals surface area contributed by atoms with Gasteiger partial charge in [-0.25, -0.2) is 4.98 Å². The molecule has 0 spiro atoms. The van der Waals surface area contributed by atoms with E-state index in [2.05, 4.69) is 27.0 Å². The summed E-state index contributed by atoms with van der Waals surface area (Å²) in [7, 11) is 0. The van der Waals surface area contributed by atoms with Gasteiger partial charge in [-0.1, -0.05) is 34.1 Å². The van der Waals surface area contributed by atoms with Gasteiger partial charge in [0.2, 0.25) is 0 Å². The zero-order valence-electron chi connectivity index (χ0n) is 14.7. The van der Waals surface area contributed by atoms with Gasteiger partial charge in [0.05, 0.1) is 34.8 Å². The van der Waals surface area contributed by atoms with Crippen LogP contribution >= 0.6 is 15.9 Å². The van der Waals surface area contributed by atoms with Crippen molar-refractivity contribution < 1.29 is 0 Å². The third kappa shape index (κ3) is 3.97. The van der Waals surface area contributed by atoms with Gasteiger partial charge in [0, 0.05) is 16.9 Å². The van der Waals surface area contributed by atoms with E-state index in [1.807, 2.05) is 12.1 Å². The number of aromatic nitrogens is 2. The predicted octanol–water partition coefficient (Wildman–Crippen LogP) is 3.18. The topological polar surface area (TPSA) is 109 Å². The molecule has 2 aromatic carbocycles. The molecule has 6 nitrogen and oxygen atoms in total. The molecular weight excluding hydrogens is 406 g/mol. The van der Waals surface area contributed by atoms with Gasteiger partial charge >= 0.3 is 0 Å². The molecule has 0 aliphatic heterocycles. The Morgan fingerprint density at radius 2 is 2.11 bits per heavy atom. The lowest BCUT2D eigenvalue weighted by molar-refractivity contribution is 0.718. The fraction of sp³-hybridized carbons (Fsp3) is 0.200. The molecule has 3 aromatic rings. The molecule has 1 heterocycles. The fourth-order valence-corrected chi connectivity index (χ4v) is 3.28. The molecule has 0 radical (unpaired) electrons. The van der Waals surface area contributed by atoms with Crippen LogP contribution in [0.4, 0.5) is 0 Å². The van der Waals surface area contributed by atoms with Crippen LogP contribution in [-0.2, 0) is 6.54 Å². The van der Waals surface area contributed by atoms with Crippen LogP contribution in [0.1, 0.15) is 30.3 Å². The highest BCUT2D eigenvalue weighted by Crippen LogP contribution is 2.18. The van der Waals surface area contributed by atoms with E-state index in [4.69, 9.17) is 11.1 Å². The number of hydrogen-bond acceptors (Lipinski definition) is 5. The van der Waals surface area contributed by atoms with Crippen LogP contribution in [0, 0.1) is 16.7 Å². The van der Waals surface area contributed by atoms with Crippen molar-refractivity contribution in [2.24, 2.45) is 5.73 Å². The number of rotatable bonds is 5. The summed E-state index contributed by atoms with van der Waals surface area (Å²) >= 11 is 3.38. The zero-order valence-corrected chi connectivity index (χ0v) is 16.3. The molecule has 0 amide bonds. The smallest absolute Gasteiger partial charge is 0.262 e. The largest absolute Gasteiger partial charge is 0.328 e. The second-order valence-electron chi connectivity index (χ2n) is 6.42. The molecule has 3 rings (SSSR count). The Morgan fingerprint density at radius 1 is 1.37 bits per heavy atom. The minimum atomic E-state index is -0.251. The maximum atomic E-state index is 13.2. The summed E-state index contributed by atoms with van der Waals surface area (Å²) in [5.74, 6) is 0.278. The van der Waals surface area contributed by atoms with Gasteiger partial charge in [-0.05, 0) is 36.8 Å². The van der Waals surface area contributed by atoms with Gasteiger partial charge in [0.15, 0.2) is 5.82 Å². The van der Waals surface area contributed by atoms with Crippen molar-refractivity contribution in [1.82, 2.24) is 9.55 Å². The van der Waals surface area contributed by atoms with Gasteiger partial charge in [-0.15, -0.1) is 0 Å². The van der Waals surface area contributed by atoms with E-state index in [9.17, 15) is 10.1 Å². The van der Waals surface area contributed by atoms with Crippen LogP contribution in [-0.4, -0.2) is 21.3 Å². The first kappa shape index (κ1) is 19.0. The van der Waals surface area contributed by atoms with Crippen LogP contribution in [0.2, 0.25) is 0 Å². The Hall–Kier alpha value is -2.82. The van der Waals surface area contributed by atoms with Crippen molar-refractivity contribution in [3.63, 3.8) is 0 Å². The van der Waals surface area contributed by atoms with Gasteiger partial charge in [0.25, 0.3) is 5.56 Å². The van der Waals surface area contributed by atoms with Crippen LogP contribution < -0.4 is 11.3 Å². The lowest BCUT2D eigenvalue weighted by Gasteiger charge is -2.16. The molecule has 7 heteroatoms. The second kappa shape index (κ2) is 7.82. The number of nitrogens with one attached hydrogen (secondary N) is 1. The van der Waals surface area contributed by atoms with E-state index in [1.165, 1.54) is 4.57 Å². The summed E-state index contributed by atoms with van der Waals surface area (Å²) < 4.78 is 2.23. The molecule has 0 aliphatic carbocycles. The number of nitrogens with two attached hydrogens (primary N) is 1. The summed E-state index contributed by atoms with van der Waals surface area (Å²) in [4.78, 5) is 17.7. The van der Waals surface area contributed by atoms with Gasteiger partial charge in [-0.3, -0.25) is 9.36 Å². The molecule has 0 unspecified atom stereocenters. The standard InChI is InChI=1S/C20H18BrN5O/c1-12(23)8-17(24)19-25-18-7-6-15(21)9-16(18)20(27)26(19)11-14-5-3-2-4-13(14)10-22/h2-7,9,12,24H,8,11,23H2,1H3/t12-/m1/s1. The molecule has 0 saturated heterocycles. The minimum absolute atomic E-state index is 0.161. The van der Waals surface area contributed by atoms with E-state index in [1.54, 1.807) is 37.3 Å². The first-order chi connectivity index (χ1) is 12.9. The first-order valence-electron chi connectivity index (χ1n) is 8.42. The third-order valence-corrected chi connectivity index (χ3v) is 4.67. The van der Waals surface area contributed by atoms with Crippen molar-refractivity contribution in [2.75, 3.05) is 0 Å². The highest BCUT2D eigenvalue weighted by Gasteiger charge is 2.17. The number of nitrogens with zero attached hydrogens (tertiary/aromatic N) is 3. The molecule has 1 atom stereocenters. The Morgan fingerprint density at radius 3 is 2.81 bits per heavy atom. The minimum Gasteiger partial charge on any atom is -0.328 e. The third-order valence-electron chi connectivity index (χ3n) is 4.18. The molecule has 1 aromatic heterocycles. The molecule has 0 bridgehead atoms. The van der Waals surface area contributed by atoms with Gasteiger partial charge < -0.3 is 11.1 Å². The normalized spacial score (nSPS) is 11.9. The van der Waals surface area contributed by atoms with E-state index >= 15 is 0 Å². The summed E-state index contributed by atoms with van der Waals surface area (Å²) in [6.45, 7) is 1.97. The highest BCUT2D eigenvalue weighted by molar-refractivity contribution is 9.10. The van der Waals surface area contributed by atoms with Crippen LogP contribution in [0.25, 0.3) is 10.9 Å². The molecule has 0 fully saturated rings. The SMILES string of the molecule is C[C@@H](N)CC(=N)c1nc2ccc(Br)cc2c(=O)n1Cc1ccccc1C#N. The van der Waals surface area contributed by atoms with Gasteiger partial charge in [-0.2, -0.15) is 5.26 Å². The average molecular weight is 424 g/mol. The maximum absolute atomic E-state index is 13.2. The molecule has 136 valence electrons. The number of fused-ring (bicyclic) bond motifs is 1. The van der Waals surface area contributed by atoms with E-state index < -0.39 is 0 Å². The molecule has 3 N–H and O–H groups in total. The molecular formula is C20H18BrN5O. The highest BCUT2D eigenvalue weighted by atomic mass is 79.9. The Balaban J connectivity index is 2.24. The van der Waals surface area contributed by atoms with Crippen molar-refractivity contribution in [2.45, 2.75) is 25.9 Å². The second-order valence-corrected chi connectivity index (χ2v) is 7.33. The van der Waals surface area contributed by atoms with Crippen LogP contribution in [0.15, 0.2) is 51.7 Å². The number of halogens is 1. The number of benzene rings is 2. The molecule has 0 aliphatic rings. The Kier molecular flexibility index (Phi) is 5.49. The van der Waals surface area contributed by atoms with Crippen LogP contribution in [0.3, 0.4) is 0 Å². The molecule has 27 heavy (non-hydrogen) atoms. The monoisotopic (exact) mass is 423 g/mol.